The van der Waals surface area contributed by atoms with Gasteiger partial charge in [0.2, 0.25) is 17.7 Å². The summed E-state index contributed by atoms with van der Waals surface area (Å²) >= 11 is 3.84. The Hall–Kier alpha value is -2.64. The molecular formula is C17H28N6O6S. The molecule has 1 heterocycles. The monoisotopic (exact) mass is 444 g/mol. The van der Waals surface area contributed by atoms with Crippen molar-refractivity contribution in [1.29, 1.82) is 0 Å². The van der Waals surface area contributed by atoms with E-state index in [-0.39, 0.29) is 18.1 Å². The summed E-state index contributed by atoms with van der Waals surface area (Å²) in [5.74, 6) is -3.90. The number of nitrogens with two attached hydrogens (primary N) is 1. The lowest BCUT2D eigenvalue weighted by Crippen LogP contribution is -2.59. The number of H-pyrrole nitrogens is 1. The number of amides is 3. The quantitative estimate of drug-likeness (QED) is 0.160. The minimum Gasteiger partial charge on any atom is -0.480 e. The van der Waals surface area contributed by atoms with Gasteiger partial charge in [-0.2, -0.15) is 12.6 Å². The van der Waals surface area contributed by atoms with Crippen molar-refractivity contribution in [3.05, 3.63) is 18.2 Å². The van der Waals surface area contributed by atoms with Gasteiger partial charge in [-0.25, -0.2) is 9.78 Å². The second-order valence-electron chi connectivity index (χ2n) is 6.94. The number of carboxylic acid groups (broad SMARTS) is 1. The second kappa shape index (κ2) is 12.1. The number of nitrogens with zero attached hydrogens (tertiary/aromatic N) is 1. The highest BCUT2D eigenvalue weighted by molar-refractivity contribution is 7.80. The molecule has 0 aliphatic carbocycles. The van der Waals surface area contributed by atoms with Crippen LogP contribution in [-0.2, 0) is 25.6 Å². The number of aromatic nitrogens is 2. The van der Waals surface area contributed by atoms with Gasteiger partial charge < -0.3 is 36.9 Å². The smallest absolute Gasteiger partial charge is 0.327 e. The molecule has 0 saturated heterocycles. The van der Waals surface area contributed by atoms with Crippen LogP contribution in [0, 0.1) is 5.92 Å². The molecule has 0 spiro atoms. The molecule has 8 N–H and O–H groups in total. The number of aliphatic hydroxyl groups excluding tert-OH is 1. The zero-order valence-corrected chi connectivity index (χ0v) is 17.6. The zero-order chi connectivity index (χ0) is 22.8. The Kier molecular flexibility index (Phi) is 10.3. The first-order chi connectivity index (χ1) is 14.1. The third-order valence-electron chi connectivity index (χ3n) is 4.25. The lowest BCUT2D eigenvalue weighted by atomic mass is 10.0. The van der Waals surface area contributed by atoms with E-state index in [4.69, 9.17) is 10.8 Å². The summed E-state index contributed by atoms with van der Waals surface area (Å²) in [4.78, 5) is 55.0. The number of hydrogen-bond acceptors (Lipinski definition) is 8. The SMILES string of the molecule is CC(C)C(N)C(=O)NC(Cc1cnc[nH]1)C(=O)NC(CO)C(=O)NC(CS)C(=O)O. The number of rotatable bonds is 12. The number of aliphatic hydroxyl groups is 1. The van der Waals surface area contributed by atoms with Crippen molar-refractivity contribution in [3.8, 4) is 0 Å². The van der Waals surface area contributed by atoms with Gasteiger partial charge in [0.25, 0.3) is 0 Å². The molecule has 4 unspecified atom stereocenters. The Morgan fingerprint density at radius 3 is 2.13 bits per heavy atom. The fraction of sp³-hybridized carbons (Fsp3) is 0.588. The van der Waals surface area contributed by atoms with E-state index in [0.29, 0.717) is 5.69 Å². The normalized spacial score (nSPS) is 15.0. The number of aliphatic carboxylic acids is 1. The maximum Gasteiger partial charge on any atom is 0.327 e. The highest BCUT2D eigenvalue weighted by Crippen LogP contribution is 2.03. The van der Waals surface area contributed by atoms with Gasteiger partial charge in [-0.3, -0.25) is 14.4 Å². The van der Waals surface area contributed by atoms with Gasteiger partial charge in [0.05, 0.1) is 19.0 Å². The third kappa shape index (κ3) is 7.65. The van der Waals surface area contributed by atoms with E-state index in [1.807, 2.05) is 0 Å². The van der Waals surface area contributed by atoms with E-state index in [9.17, 15) is 24.3 Å². The van der Waals surface area contributed by atoms with Crippen LogP contribution in [0.2, 0.25) is 0 Å². The minimum absolute atomic E-state index is 0.0244. The van der Waals surface area contributed by atoms with Crippen molar-refractivity contribution in [2.75, 3.05) is 12.4 Å². The fourth-order valence-corrected chi connectivity index (χ4v) is 2.57. The topological polar surface area (TPSA) is 200 Å². The number of hydrogen-bond donors (Lipinski definition) is 8. The summed E-state index contributed by atoms with van der Waals surface area (Å²) in [6.45, 7) is 2.72. The molecular weight excluding hydrogens is 416 g/mol. The Labute approximate surface area is 178 Å². The van der Waals surface area contributed by atoms with Crippen LogP contribution in [0.5, 0.6) is 0 Å². The van der Waals surface area contributed by atoms with E-state index >= 15 is 0 Å². The summed E-state index contributed by atoms with van der Waals surface area (Å²) in [6.07, 6.45) is 2.89. The van der Waals surface area contributed by atoms with Crippen LogP contribution in [0.4, 0.5) is 0 Å². The Morgan fingerprint density at radius 1 is 1.10 bits per heavy atom. The van der Waals surface area contributed by atoms with E-state index in [1.165, 1.54) is 12.5 Å². The summed E-state index contributed by atoms with van der Waals surface area (Å²) in [5, 5.41) is 25.5. The van der Waals surface area contributed by atoms with Crippen molar-refractivity contribution in [3.63, 3.8) is 0 Å². The molecule has 1 rings (SSSR count). The lowest BCUT2D eigenvalue weighted by molar-refractivity contribution is -0.142. The number of imidazole rings is 1. The molecule has 0 aromatic carbocycles. The molecule has 0 fully saturated rings. The highest BCUT2D eigenvalue weighted by Gasteiger charge is 2.30. The van der Waals surface area contributed by atoms with Crippen molar-refractivity contribution < 1.29 is 29.4 Å². The molecule has 0 radical (unpaired) electrons. The van der Waals surface area contributed by atoms with Gasteiger partial charge in [-0.05, 0) is 5.92 Å². The van der Waals surface area contributed by atoms with E-state index in [1.54, 1.807) is 13.8 Å². The van der Waals surface area contributed by atoms with E-state index in [0.717, 1.165) is 0 Å². The van der Waals surface area contributed by atoms with Crippen LogP contribution in [-0.4, -0.2) is 80.4 Å². The average molecular weight is 445 g/mol. The zero-order valence-electron chi connectivity index (χ0n) is 16.7. The molecule has 3 amide bonds. The van der Waals surface area contributed by atoms with Crippen molar-refractivity contribution in [2.24, 2.45) is 11.7 Å². The maximum atomic E-state index is 12.7. The predicted octanol–water partition coefficient (Wildman–Crippen LogP) is -2.60. The molecule has 1 aromatic heterocycles. The van der Waals surface area contributed by atoms with Gasteiger partial charge in [0, 0.05) is 24.1 Å². The van der Waals surface area contributed by atoms with Gasteiger partial charge in [0.1, 0.15) is 18.1 Å². The Morgan fingerprint density at radius 2 is 1.67 bits per heavy atom. The predicted molar refractivity (Wildman–Crippen MR) is 109 cm³/mol. The summed E-state index contributed by atoms with van der Waals surface area (Å²) in [7, 11) is 0. The number of nitrogens with one attached hydrogen (secondary N) is 4. The van der Waals surface area contributed by atoms with Crippen molar-refractivity contribution >= 4 is 36.3 Å². The Balaban J connectivity index is 2.91. The molecule has 1 aromatic rings. The number of thiol groups is 1. The molecule has 13 heteroatoms. The van der Waals surface area contributed by atoms with Crippen LogP contribution in [0.15, 0.2) is 12.5 Å². The summed E-state index contributed by atoms with van der Waals surface area (Å²) in [5.41, 5.74) is 6.37. The van der Waals surface area contributed by atoms with Crippen LogP contribution in [0.25, 0.3) is 0 Å². The van der Waals surface area contributed by atoms with E-state index < -0.39 is 54.5 Å². The molecule has 0 aliphatic rings. The largest absolute Gasteiger partial charge is 0.480 e. The third-order valence-corrected chi connectivity index (χ3v) is 4.61. The standard InChI is InChI=1S/C17H28N6O6S/c1-8(2)13(18)16(27)21-10(3-9-4-19-7-20-9)14(25)22-11(5-24)15(26)23-12(6-30)17(28)29/h4,7-8,10-13,24,30H,3,5-6,18H2,1-2H3,(H,19,20)(H,21,27)(H,22,25)(H,23,26)(H,28,29). The summed E-state index contributed by atoms with van der Waals surface area (Å²) in [6, 6.07) is -4.70. The number of carboxylic acids is 1. The molecule has 0 aliphatic heterocycles. The molecule has 0 saturated carbocycles. The number of carbonyl (C=O) groups excluding carboxylic acids is 3. The van der Waals surface area contributed by atoms with E-state index in [2.05, 4.69) is 38.5 Å². The first-order valence-electron chi connectivity index (χ1n) is 9.19. The Bertz CT molecular complexity index is 728. The molecule has 12 nitrogen and oxygen atoms in total. The first kappa shape index (κ1) is 25.4. The van der Waals surface area contributed by atoms with Crippen LogP contribution < -0.4 is 21.7 Å². The minimum atomic E-state index is -1.43. The molecule has 168 valence electrons. The van der Waals surface area contributed by atoms with Crippen molar-refractivity contribution in [1.82, 2.24) is 25.9 Å². The van der Waals surface area contributed by atoms with Crippen LogP contribution in [0.1, 0.15) is 19.5 Å². The first-order valence-corrected chi connectivity index (χ1v) is 9.82. The van der Waals surface area contributed by atoms with Crippen molar-refractivity contribution in [2.45, 2.75) is 44.4 Å². The lowest BCUT2D eigenvalue weighted by Gasteiger charge is -2.24. The number of aromatic amines is 1. The summed E-state index contributed by atoms with van der Waals surface area (Å²) < 4.78 is 0. The van der Waals surface area contributed by atoms with Gasteiger partial charge in [-0.1, -0.05) is 13.8 Å². The van der Waals surface area contributed by atoms with Gasteiger partial charge in [-0.15, -0.1) is 0 Å². The van der Waals surface area contributed by atoms with Crippen LogP contribution >= 0.6 is 12.6 Å². The fourth-order valence-electron chi connectivity index (χ4n) is 2.32. The maximum absolute atomic E-state index is 12.7. The van der Waals surface area contributed by atoms with Gasteiger partial charge >= 0.3 is 5.97 Å². The average Bonchev–Trinajstić information content (AvgIpc) is 3.21. The second-order valence-corrected chi connectivity index (χ2v) is 7.30. The molecule has 30 heavy (non-hydrogen) atoms. The number of carbonyl (C=O) groups is 4. The highest BCUT2D eigenvalue weighted by atomic mass is 32.1. The van der Waals surface area contributed by atoms with Gasteiger partial charge in [0.15, 0.2) is 0 Å². The molecule has 4 atom stereocenters. The van der Waals surface area contributed by atoms with Crippen LogP contribution in [0.3, 0.4) is 0 Å². The molecule has 0 bridgehead atoms.